The molecule has 0 bridgehead atoms. The monoisotopic (exact) mass is 314 g/mol. The highest BCUT2D eigenvalue weighted by molar-refractivity contribution is 9.10. The van der Waals surface area contributed by atoms with E-state index in [0.29, 0.717) is 11.8 Å². The normalized spacial score (nSPS) is 10.6. The smallest absolute Gasteiger partial charge is 0.222 e. The summed E-state index contributed by atoms with van der Waals surface area (Å²) in [6.45, 7) is 1.92. The molecule has 1 aromatic carbocycles. The minimum atomic E-state index is 0.394. The van der Waals surface area contributed by atoms with E-state index in [1.165, 1.54) is 0 Å². The molecule has 0 saturated carbocycles. The number of benzene rings is 1. The summed E-state index contributed by atoms with van der Waals surface area (Å²) in [6.07, 6.45) is 0. The van der Waals surface area contributed by atoms with E-state index in [4.69, 9.17) is 16.3 Å². The summed E-state index contributed by atoms with van der Waals surface area (Å²) in [5.74, 6) is 1.85. The maximum absolute atomic E-state index is 5.90. The predicted molar refractivity (Wildman–Crippen MR) is 71.7 cm³/mol. The fraction of sp³-hybridized carbons (Fsp3) is 0.250. The maximum Gasteiger partial charge on any atom is 0.222 e. The zero-order valence-corrected chi connectivity index (χ0v) is 11.9. The molecule has 0 aliphatic heterocycles. The van der Waals surface area contributed by atoms with Gasteiger partial charge in [0.15, 0.2) is 0 Å². The molecule has 5 heteroatoms. The molecule has 0 fully saturated rings. The van der Waals surface area contributed by atoms with Crippen molar-refractivity contribution in [2.45, 2.75) is 12.8 Å². The summed E-state index contributed by atoms with van der Waals surface area (Å²) in [4.78, 5) is 0. The van der Waals surface area contributed by atoms with Crippen molar-refractivity contribution in [1.82, 2.24) is 9.78 Å². The van der Waals surface area contributed by atoms with Gasteiger partial charge in [0.05, 0.1) is 17.1 Å². The van der Waals surface area contributed by atoms with E-state index in [0.717, 1.165) is 21.5 Å². The minimum Gasteiger partial charge on any atom is -0.439 e. The highest BCUT2D eigenvalue weighted by atomic mass is 79.9. The van der Waals surface area contributed by atoms with Crippen LogP contribution in [0.3, 0.4) is 0 Å². The lowest BCUT2D eigenvalue weighted by molar-refractivity contribution is 0.427. The van der Waals surface area contributed by atoms with Crippen LogP contribution in [0.2, 0.25) is 0 Å². The molecule has 2 aromatic rings. The van der Waals surface area contributed by atoms with E-state index in [-0.39, 0.29) is 0 Å². The van der Waals surface area contributed by atoms with Crippen molar-refractivity contribution in [3.05, 3.63) is 40.0 Å². The predicted octanol–water partition coefficient (Wildman–Crippen LogP) is 4.02. The fourth-order valence-electron chi connectivity index (χ4n) is 1.58. The van der Waals surface area contributed by atoms with Crippen LogP contribution in [0.1, 0.15) is 11.3 Å². The van der Waals surface area contributed by atoms with Crippen molar-refractivity contribution in [3.63, 3.8) is 0 Å². The van der Waals surface area contributed by atoms with E-state index in [2.05, 4.69) is 21.0 Å². The Morgan fingerprint density at radius 3 is 2.59 bits per heavy atom. The van der Waals surface area contributed by atoms with Gasteiger partial charge in [0.1, 0.15) is 5.75 Å². The van der Waals surface area contributed by atoms with Gasteiger partial charge in [-0.2, -0.15) is 5.10 Å². The van der Waals surface area contributed by atoms with Crippen molar-refractivity contribution < 1.29 is 4.74 Å². The SMILES string of the molecule is Cc1nn(C)c(Oc2ccc(Br)cc2)c1CCl. The third-order valence-corrected chi connectivity index (χ3v) is 3.25. The standard InChI is InChI=1S/C12H12BrClN2O/c1-8-11(7-14)12(16(2)15-8)17-10-5-3-9(13)4-6-10/h3-6H,7H2,1-2H3. The highest BCUT2D eigenvalue weighted by Crippen LogP contribution is 2.28. The summed E-state index contributed by atoms with van der Waals surface area (Å²) in [6, 6.07) is 7.65. The van der Waals surface area contributed by atoms with E-state index >= 15 is 0 Å². The lowest BCUT2D eigenvalue weighted by Gasteiger charge is -2.07. The van der Waals surface area contributed by atoms with Crippen LogP contribution in [0.5, 0.6) is 11.6 Å². The molecule has 0 amide bonds. The first-order valence-electron chi connectivity index (χ1n) is 5.13. The van der Waals surface area contributed by atoms with Crippen LogP contribution in [0.25, 0.3) is 0 Å². The second kappa shape index (κ2) is 5.10. The minimum absolute atomic E-state index is 0.394. The van der Waals surface area contributed by atoms with Crippen molar-refractivity contribution >= 4 is 27.5 Å². The molecule has 3 nitrogen and oxygen atoms in total. The first kappa shape index (κ1) is 12.5. The molecule has 0 N–H and O–H groups in total. The average Bonchev–Trinajstić information content (AvgIpc) is 2.57. The first-order valence-corrected chi connectivity index (χ1v) is 6.46. The van der Waals surface area contributed by atoms with Gasteiger partial charge < -0.3 is 4.74 Å². The molecule has 0 radical (unpaired) electrons. The highest BCUT2D eigenvalue weighted by Gasteiger charge is 2.14. The van der Waals surface area contributed by atoms with Gasteiger partial charge in [0.25, 0.3) is 0 Å². The number of alkyl halides is 1. The first-order chi connectivity index (χ1) is 8.11. The van der Waals surface area contributed by atoms with Crippen molar-refractivity contribution in [2.75, 3.05) is 0 Å². The zero-order chi connectivity index (χ0) is 12.4. The topological polar surface area (TPSA) is 27.1 Å². The van der Waals surface area contributed by atoms with Gasteiger partial charge in [-0.05, 0) is 31.2 Å². The Bertz CT molecular complexity index is 522. The lowest BCUT2D eigenvalue weighted by Crippen LogP contribution is -1.96. The van der Waals surface area contributed by atoms with Gasteiger partial charge >= 0.3 is 0 Å². The Morgan fingerprint density at radius 1 is 1.35 bits per heavy atom. The van der Waals surface area contributed by atoms with Gasteiger partial charge in [-0.1, -0.05) is 15.9 Å². The molecule has 2 rings (SSSR count). The maximum atomic E-state index is 5.90. The Labute approximate surface area is 113 Å². The summed E-state index contributed by atoms with van der Waals surface area (Å²) in [5, 5.41) is 4.29. The van der Waals surface area contributed by atoms with E-state index in [1.807, 2.05) is 38.2 Å². The number of ether oxygens (including phenoxy) is 1. The van der Waals surface area contributed by atoms with E-state index in [1.54, 1.807) is 4.68 Å². The summed E-state index contributed by atoms with van der Waals surface area (Å²) >= 11 is 9.28. The molecule has 0 aliphatic rings. The Morgan fingerprint density at radius 2 is 2.00 bits per heavy atom. The van der Waals surface area contributed by atoms with Gasteiger partial charge in [-0.3, -0.25) is 0 Å². The third kappa shape index (κ3) is 2.64. The number of aryl methyl sites for hydroxylation is 2. The van der Waals surface area contributed by atoms with Crippen LogP contribution < -0.4 is 4.74 Å². The number of nitrogens with zero attached hydrogens (tertiary/aromatic N) is 2. The van der Waals surface area contributed by atoms with Gasteiger partial charge in [0.2, 0.25) is 5.88 Å². The van der Waals surface area contributed by atoms with Crippen LogP contribution in [-0.4, -0.2) is 9.78 Å². The van der Waals surface area contributed by atoms with Crippen LogP contribution in [-0.2, 0) is 12.9 Å². The number of halogens is 2. The van der Waals surface area contributed by atoms with Crippen LogP contribution >= 0.6 is 27.5 Å². The molecule has 0 aliphatic carbocycles. The number of aromatic nitrogens is 2. The Balaban J connectivity index is 2.32. The average molecular weight is 316 g/mol. The van der Waals surface area contributed by atoms with Gasteiger partial charge in [0, 0.05) is 11.5 Å². The fourth-order valence-corrected chi connectivity index (χ4v) is 2.15. The number of hydrogen-bond donors (Lipinski definition) is 0. The number of rotatable bonds is 3. The molecular formula is C12H12BrClN2O. The lowest BCUT2D eigenvalue weighted by atomic mass is 10.3. The molecule has 1 heterocycles. The summed E-state index contributed by atoms with van der Waals surface area (Å²) < 4.78 is 8.52. The summed E-state index contributed by atoms with van der Waals surface area (Å²) in [5.41, 5.74) is 1.83. The zero-order valence-electron chi connectivity index (χ0n) is 9.58. The van der Waals surface area contributed by atoms with Gasteiger partial charge in [-0.15, -0.1) is 11.6 Å². The molecule has 0 atom stereocenters. The van der Waals surface area contributed by atoms with Gasteiger partial charge in [-0.25, -0.2) is 4.68 Å². The molecule has 17 heavy (non-hydrogen) atoms. The molecule has 0 saturated heterocycles. The second-order valence-corrected chi connectivity index (χ2v) is 4.87. The van der Waals surface area contributed by atoms with E-state index in [9.17, 15) is 0 Å². The Kier molecular flexibility index (Phi) is 3.74. The van der Waals surface area contributed by atoms with Crippen LogP contribution in [0, 0.1) is 6.92 Å². The van der Waals surface area contributed by atoms with Crippen molar-refractivity contribution in [3.8, 4) is 11.6 Å². The van der Waals surface area contributed by atoms with Crippen LogP contribution in [0.4, 0.5) is 0 Å². The largest absolute Gasteiger partial charge is 0.439 e. The molecule has 1 aromatic heterocycles. The third-order valence-electron chi connectivity index (χ3n) is 2.45. The number of hydrogen-bond acceptors (Lipinski definition) is 2. The van der Waals surface area contributed by atoms with E-state index < -0.39 is 0 Å². The quantitative estimate of drug-likeness (QED) is 0.800. The van der Waals surface area contributed by atoms with Crippen LogP contribution in [0.15, 0.2) is 28.7 Å². The van der Waals surface area contributed by atoms with Crippen molar-refractivity contribution in [2.24, 2.45) is 7.05 Å². The van der Waals surface area contributed by atoms with Crippen molar-refractivity contribution in [1.29, 1.82) is 0 Å². The molecule has 0 spiro atoms. The Hall–Kier alpha value is -1.000. The summed E-state index contributed by atoms with van der Waals surface area (Å²) in [7, 11) is 1.84. The molecular weight excluding hydrogens is 304 g/mol. The second-order valence-electron chi connectivity index (χ2n) is 3.68. The molecule has 90 valence electrons. The molecule has 0 unspecified atom stereocenters.